The van der Waals surface area contributed by atoms with Gasteiger partial charge in [-0.3, -0.25) is 4.79 Å². The summed E-state index contributed by atoms with van der Waals surface area (Å²) in [6.07, 6.45) is 0.416. The van der Waals surface area contributed by atoms with Gasteiger partial charge in [-0.15, -0.1) is 0 Å². The zero-order valence-corrected chi connectivity index (χ0v) is 9.97. The number of hydrogen-bond donors (Lipinski definition) is 3. The second-order valence-electron chi connectivity index (χ2n) is 3.33. The molecule has 16 heavy (non-hydrogen) atoms. The van der Waals surface area contributed by atoms with Crippen LogP contribution in [0.25, 0.3) is 0 Å². The zero-order valence-electron chi connectivity index (χ0n) is 9.22. The quantitative estimate of drug-likeness (QED) is 0.690. The third kappa shape index (κ3) is 3.62. The summed E-state index contributed by atoms with van der Waals surface area (Å²) in [7, 11) is 0. The number of carbonyl (C=O) groups excluding carboxylic acids is 1. The van der Waals surface area contributed by atoms with Crippen LogP contribution < -0.4 is 16.4 Å². The first-order valence-electron chi connectivity index (χ1n) is 5.19. The molecule has 1 aromatic carbocycles. The van der Waals surface area contributed by atoms with Crippen molar-refractivity contribution in [2.45, 2.75) is 13.3 Å². The minimum atomic E-state index is 0.0237. The number of anilines is 2. The van der Waals surface area contributed by atoms with E-state index < -0.39 is 0 Å². The van der Waals surface area contributed by atoms with Gasteiger partial charge in [0.1, 0.15) is 0 Å². The Hall–Kier alpha value is -1.42. The van der Waals surface area contributed by atoms with Crippen LogP contribution in [0.1, 0.15) is 13.3 Å². The molecule has 0 aliphatic heterocycles. The molecule has 0 fully saturated rings. The molecule has 0 saturated heterocycles. The maximum Gasteiger partial charge on any atom is 0.221 e. The van der Waals surface area contributed by atoms with Gasteiger partial charge in [0.05, 0.1) is 16.4 Å². The highest BCUT2D eigenvalue weighted by atomic mass is 35.5. The Morgan fingerprint density at radius 3 is 2.94 bits per heavy atom. The Balaban J connectivity index is 2.43. The first kappa shape index (κ1) is 12.6. The van der Waals surface area contributed by atoms with E-state index in [0.717, 1.165) is 5.69 Å². The van der Waals surface area contributed by atoms with Crippen LogP contribution in [0.4, 0.5) is 11.4 Å². The van der Waals surface area contributed by atoms with Gasteiger partial charge in [-0.25, -0.2) is 0 Å². The minimum Gasteiger partial charge on any atom is -0.396 e. The Labute approximate surface area is 100 Å². The number of halogens is 1. The van der Waals surface area contributed by atoms with Crippen LogP contribution in [0.5, 0.6) is 0 Å². The Kier molecular flexibility index (Phi) is 4.92. The first-order valence-corrected chi connectivity index (χ1v) is 5.57. The minimum absolute atomic E-state index is 0.0237. The summed E-state index contributed by atoms with van der Waals surface area (Å²) in [5.41, 5.74) is 7.04. The molecule has 0 heterocycles. The van der Waals surface area contributed by atoms with E-state index in [0.29, 0.717) is 30.2 Å². The predicted molar refractivity (Wildman–Crippen MR) is 67.7 cm³/mol. The highest BCUT2D eigenvalue weighted by Crippen LogP contribution is 2.26. The molecule has 4 nitrogen and oxygen atoms in total. The van der Waals surface area contributed by atoms with Gasteiger partial charge in [-0.1, -0.05) is 17.7 Å². The predicted octanol–water partition coefficient (Wildman–Crippen LogP) is 1.86. The van der Waals surface area contributed by atoms with Gasteiger partial charge in [0.15, 0.2) is 0 Å². The molecule has 0 aliphatic carbocycles. The molecular formula is C11H16ClN3O. The summed E-state index contributed by atoms with van der Waals surface area (Å²) in [4.78, 5) is 11.2. The van der Waals surface area contributed by atoms with Crippen molar-refractivity contribution in [3.8, 4) is 0 Å². The number of nitrogens with two attached hydrogens (primary N) is 1. The highest BCUT2D eigenvalue weighted by Gasteiger charge is 2.03. The molecule has 0 unspecified atom stereocenters. The molecule has 0 bridgehead atoms. The summed E-state index contributed by atoms with van der Waals surface area (Å²) >= 11 is 5.86. The molecule has 5 heteroatoms. The van der Waals surface area contributed by atoms with Crippen molar-refractivity contribution in [2.75, 3.05) is 24.1 Å². The summed E-state index contributed by atoms with van der Waals surface area (Å²) < 4.78 is 0. The number of hydrogen-bond acceptors (Lipinski definition) is 3. The normalized spacial score (nSPS) is 9.88. The van der Waals surface area contributed by atoms with Crippen LogP contribution in [0.15, 0.2) is 18.2 Å². The number of rotatable bonds is 5. The van der Waals surface area contributed by atoms with Crippen molar-refractivity contribution in [3.05, 3.63) is 23.2 Å². The lowest BCUT2D eigenvalue weighted by atomic mass is 10.2. The molecule has 0 aliphatic rings. The average Bonchev–Trinajstić information content (AvgIpc) is 2.25. The van der Waals surface area contributed by atoms with Crippen molar-refractivity contribution >= 4 is 28.9 Å². The van der Waals surface area contributed by atoms with Crippen LogP contribution in [0.2, 0.25) is 5.02 Å². The van der Waals surface area contributed by atoms with Gasteiger partial charge in [-0.05, 0) is 19.1 Å². The zero-order chi connectivity index (χ0) is 12.0. The topological polar surface area (TPSA) is 67.2 Å². The average molecular weight is 242 g/mol. The number of nitrogens with one attached hydrogen (secondary N) is 2. The molecule has 1 amide bonds. The molecule has 1 aromatic rings. The van der Waals surface area contributed by atoms with Crippen LogP contribution in [0.3, 0.4) is 0 Å². The van der Waals surface area contributed by atoms with E-state index >= 15 is 0 Å². The molecule has 88 valence electrons. The van der Waals surface area contributed by atoms with Gasteiger partial charge >= 0.3 is 0 Å². The van der Waals surface area contributed by atoms with E-state index in [2.05, 4.69) is 10.6 Å². The van der Waals surface area contributed by atoms with Crippen molar-refractivity contribution in [2.24, 2.45) is 0 Å². The third-order valence-electron chi connectivity index (χ3n) is 2.09. The lowest BCUT2D eigenvalue weighted by Gasteiger charge is -2.09. The fourth-order valence-corrected chi connectivity index (χ4v) is 1.46. The smallest absolute Gasteiger partial charge is 0.221 e. The van der Waals surface area contributed by atoms with E-state index in [-0.39, 0.29) is 5.91 Å². The summed E-state index contributed by atoms with van der Waals surface area (Å²) in [5.74, 6) is 0.0237. The summed E-state index contributed by atoms with van der Waals surface area (Å²) in [5, 5.41) is 6.31. The number of para-hydroxylation sites is 1. The lowest BCUT2D eigenvalue weighted by Crippen LogP contribution is -2.24. The van der Waals surface area contributed by atoms with Gasteiger partial charge in [-0.2, -0.15) is 0 Å². The maximum atomic E-state index is 11.2. The van der Waals surface area contributed by atoms with Crippen molar-refractivity contribution in [3.63, 3.8) is 0 Å². The second-order valence-corrected chi connectivity index (χ2v) is 3.74. The van der Waals surface area contributed by atoms with Crippen LogP contribution in [-0.2, 0) is 4.79 Å². The van der Waals surface area contributed by atoms with E-state index in [9.17, 15) is 4.79 Å². The molecule has 0 spiro atoms. The molecule has 0 radical (unpaired) electrons. The second kappa shape index (κ2) is 6.23. The van der Waals surface area contributed by atoms with Gasteiger partial charge in [0.25, 0.3) is 0 Å². The summed E-state index contributed by atoms with van der Waals surface area (Å²) in [6, 6.07) is 5.37. The molecule has 0 saturated carbocycles. The van der Waals surface area contributed by atoms with Crippen LogP contribution in [-0.4, -0.2) is 19.0 Å². The van der Waals surface area contributed by atoms with Gasteiger partial charge in [0.2, 0.25) is 5.91 Å². The lowest BCUT2D eigenvalue weighted by molar-refractivity contribution is -0.120. The largest absolute Gasteiger partial charge is 0.396 e. The van der Waals surface area contributed by atoms with Crippen molar-refractivity contribution in [1.29, 1.82) is 0 Å². The van der Waals surface area contributed by atoms with E-state index in [4.69, 9.17) is 17.3 Å². The maximum absolute atomic E-state index is 11.2. The first-order chi connectivity index (χ1) is 7.65. The molecular weight excluding hydrogens is 226 g/mol. The summed E-state index contributed by atoms with van der Waals surface area (Å²) in [6.45, 7) is 3.08. The molecule has 1 rings (SSSR count). The number of amides is 1. The fourth-order valence-electron chi connectivity index (χ4n) is 1.29. The fraction of sp³-hybridized carbons (Fsp3) is 0.364. The Morgan fingerprint density at radius 1 is 1.50 bits per heavy atom. The van der Waals surface area contributed by atoms with Crippen LogP contribution >= 0.6 is 11.6 Å². The Bertz CT molecular complexity index is 368. The van der Waals surface area contributed by atoms with E-state index in [1.165, 1.54) is 0 Å². The molecule has 0 aromatic heterocycles. The monoisotopic (exact) mass is 241 g/mol. The number of carbonyl (C=O) groups is 1. The van der Waals surface area contributed by atoms with Crippen molar-refractivity contribution in [1.82, 2.24) is 5.32 Å². The Morgan fingerprint density at radius 2 is 2.25 bits per heavy atom. The molecule has 4 N–H and O–H groups in total. The van der Waals surface area contributed by atoms with Gasteiger partial charge in [0, 0.05) is 19.5 Å². The van der Waals surface area contributed by atoms with E-state index in [1.807, 2.05) is 19.1 Å². The standard InChI is InChI=1S/C11H16ClN3O/c1-2-14-10(16)6-7-15-9-5-3-4-8(12)11(9)13/h3-5,15H,2,6-7,13H2,1H3,(H,14,16). The van der Waals surface area contributed by atoms with E-state index in [1.54, 1.807) is 6.07 Å². The molecule has 0 atom stereocenters. The third-order valence-corrected chi connectivity index (χ3v) is 2.42. The van der Waals surface area contributed by atoms with Gasteiger partial charge < -0.3 is 16.4 Å². The van der Waals surface area contributed by atoms with Crippen LogP contribution in [0, 0.1) is 0 Å². The SMILES string of the molecule is CCNC(=O)CCNc1cccc(Cl)c1N. The number of nitrogen functional groups attached to an aromatic ring is 1. The highest BCUT2D eigenvalue weighted by molar-refractivity contribution is 6.33. The van der Waals surface area contributed by atoms with Crippen molar-refractivity contribution < 1.29 is 4.79 Å². The number of benzene rings is 1.